The standard InChI is InChI=1S/C19H34O2/c1-2-3-4-5-6-7-8-9-10-11-12-17-21-19(20)16-15-18-13-14-18/h15-16,18H,2-14,17H2,1H3/b16-15+. The molecule has 0 N–H and O–H groups in total. The molecule has 0 aromatic heterocycles. The topological polar surface area (TPSA) is 26.3 Å². The van der Waals surface area contributed by atoms with Crippen molar-refractivity contribution in [2.24, 2.45) is 5.92 Å². The molecule has 0 saturated heterocycles. The molecule has 0 bridgehead atoms. The van der Waals surface area contributed by atoms with E-state index in [4.69, 9.17) is 4.74 Å². The van der Waals surface area contributed by atoms with E-state index in [0.29, 0.717) is 12.5 Å². The number of hydrogen-bond acceptors (Lipinski definition) is 2. The maximum Gasteiger partial charge on any atom is 0.330 e. The lowest BCUT2D eigenvalue weighted by Crippen LogP contribution is -2.02. The highest BCUT2D eigenvalue weighted by Crippen LogP contribution is 2.29. The molecule has 0 atom stereocenters. The van der Waals surface area contributed by atoms with E-state index in [-0.39, 0.29) is 5.97 Å². The zero-order chi connectivity index (χ0) is 15.2. The van der Waals surface area contributed by atoms with E-state index in [0.717, 1.165) is 6.42 Å². The summed E-state index contributed by atoms with van der Waals surface area (Å²) in [6.45, 7) is 2.85. The van der Waals surface area contributed by atoms with Gasteiger partial charge < -0.3 is 4.74 Å². The summed E-state index contributed by atoms with van der Waals surface area (Å²) < 4.78 is 5.18. The Morgan fingerprint density at radius 2 is 1.43 bits per heavy atom. The van der Waals surface area contributed by atoms with Crippen molar-refractivity contribution in [3.05, 3.63) is 12.2 Å². The van der Waals surface area contributed by atoms with Crippen molar-refractivity contribution in [2.45, 2.75) is 90.4 Å². The van der Waals surface area contributed by atoms with Crippen LogP contribution in [-0.2, 0) is 9.53 Å². The van der Waals surface area contributed by atoms with Crippen molar-refractivity contribution >= 4 is 5.97 Å². The fourth-order valence-corrected chi connectivity index (χ4v) is 2.49. The summed E-state index contributed by atoms with van der Waals surface area (Å²) >= 11 is 0. The summed E-state index contributed by atoms with van der Waals surface area (Å²) in [7, 11) is 0. The van der Waals surface area contributed by atoms with Gasteiger partial charge >= 0.3 is 5.97 Å². The smallest absolute Gasteiger partial charge is 0.330 e. The quantitative estimate of drug-likeness (QED) is 0.230. The Kier molecular flexibility index (Phi) is 11.2. The van der Waals surface area contributed by atoms with E-state index in [1.54, 1.807) is 6.08 Å². The van der Waals surface area contributed by atoms with Crippen LogP contribution in [0.2, 0.25) is 0 Å². The number of hydrogen-bond donors (Lipinski definition) is 0. The van der Waals surface area contributed by atoms with Crippen molar-refractivity contribution in [1.82, 2.24) is 0 Å². The van der Waals surface area contributed by atoms with Gasteiger partial charge in [0.05, 0.1) is 6.61 Å². The number of carbonyl (C=O) groups is 1. The van der Waals surface area contributed by atoms with Gasteiger partial charge in [-0.25, -0.2) is 4.79 Å². The molecule has 1 saturated carbocycles. The molecule has 0 amide bonds. The van der Waals surface area contributed by atoms with Gasteiger partial charge in [0, 0.05) is 6.08 Å². The molecular formula is C19H34O2. The molecular weight excluding hydrogens is 260 g/mol. The van der Waals surface area contributed by atoms with Gasteiger partial charge in [-0.3, -0.25) is 0 Å². The maximum atomic E-state index is 11.3. The third-order valence-corrected chi connectivity index (χ3v) is 4.12. The normalized spacial score (nSPS) is 14.7. The first-order valence-corrected chi connectivity index (χ1v) is 9.18. The average Bonchev–Trinajstić information content (AvgIpc) is 3.30. The van der Waals surface area contributed by atoms with Gasteiger partial charge in [-0.1, -0.05) is 77.2 Å². The summed E-state index contributed by atoms with van der Waals surface area (Å²) in [5.41, 5.74) is 0. The van der Waals surface area contributed by atoms with Crippen LogP contribution < -0.4 is 0 Å². The monoisotopic (exact) mass is 294 g/mol. The second-order valence-electron chi connectivity index (χ2n) is 6.40. The Balaban J connectivity index is 1.73. The number of rotatable bonds is 14. The fourth-order valence-electron chi connectivity index (χ4n) is 2.49. The van der Waals surface area contributed by atoms with Crippen molar-refractivity contribution < 1.29 is 9.53 Å². The average molecular weight is 294 g/mol. The molecule has 0 aliphatic heterocycles. The molecule has 0 unspecified atom stereocenters. The minimum Gasteiger partial charge on any atom is -0.463 e. The second kappa shape index (κ2) is 12.9. The Bertz CT molecular complexity index is 279. The van der Waals surface area contributed by atoms with Crippen LogP contribution in [0, 0.1) is 5.92 Å². The lowest BCUT2D eigenvalue weighted by molar-refractivity contribution is -0.137. The molecule has 1 aliphatic carbocycles. The molecule has 1 rings (SSSR count). The molecule has 0 spiro atoms. The van der Waals surface area contributed by atoms with E-state index in [2.05, 4.69) is 6.92 Å². The lowest BCUT2D eigenvalue weighted by atomic mass is 10.1. The molecule has 0 radical (unpaired) electrons. The van der Waals surface area contributed by atoms with Crippen molar-refractivity contribution in [3.8, 4) is 0 Å². The molecule has 0 heterocycles. The highest BCUT2D eigenvalue weighted by Gasteiger charge is 2.17. The van der Waals surface area contributed by atoms with Crippen LogP contribution in [0.3, 0.4) is 0 Å². The van der Waals surface area contributed by atoms with Crippen LogP contribution in [0.4, 0.5) is 0 Å². The minimum atomic E-state index is -0.158. The third kappa shape index (κ3) is 12.6. The predicted molar refractivity (Wildman–Crippen MR) is 89.3 cm³/mol. The third-order valence-electron chi connectivity index (χ3n) is 4.12. The van der Waals surface area contributed by atoms with Gasteiger partial charge in [0.15, 0.2) is 0 Å². The van der Waals surface area contributed by atoms with Crippen LogP contribution in [-0.4, -0.2) is 12.6 Å². The molecule has 1 fully saturated rings. The van der Waals surface area contributed by atoms with Crippen LogP contribution >= 0.6 is 0 Å². The van der Waals surface area contributed by atoms with Gasteiger partial charge in [-0.2, -0.15) is 0 Å². The van der Waals surface area contributed by atoms with Crippen LogP contribution in [0.5, 0.6) is 0 Å². The van der Waals surface area contributed by atoms with E-state index in [9.17, 15) is 4.79 Å². The molecule has 0 aromatic carbocycles. The van der Waals surface area contributed by atoms with Crippen LogP contribution in [0.1, 0.15) is 90.4 Å². The molecule has 21 heavy (non-hydrogen) atoms. The molecule has 122 valence electrons. The minimum absolute atomic E-state index is 0.158. The second-order valence-corrected chi connectivity index (χ2v) is 6.40. The summed E-state index contributed by atoms with van der Waals surface area (Å²) in [6, 6.07) is 0. The summed E-state index contributed by atoms with van der Waals surface area (Å²) in [5, 5.41) is 0. The van der Waals surface area contributed by atoms with E-state index in [1.165, 1.54) is 77.0 Å². The zero-order valence-corrected chi connectivity index (χ0v) is 13.9. The Morgan fingerprint density at radius 1 is 0.905 bits per heavy atom. The zero-order valence-electron chi connectivity index (χ0n) is 13.9. The number of unbranched alkanes of at least 4 members (excludes halogenated alkanes) is 10. The van der Waals surface area contributed by atoms with Gasteiger partial charge in [-0.15, -0.1) is 0 Å². The largest absolute Gasteiger partial charge is 0.463 e. The number of esters is 1. The first-order chi connectivity index (χ1) is 10.3. The van der Waals surface area contributed by atoms with Crippen molar-refractivity contribution in [3.63, 3.8) is 0 Å². The van der Waals surface area contributed by atoms with Gasteiger partial charge in [-0.05, 0) is 25.2 Å². The highest BCUT2D eigenvalue weighted by atomic mass is 16.5. The van der Waals surface area contributed by atoms with E-state index < -0.39 is 0 Å². The van der Waals surface area contributed by atoms with Gasteiger partial charge in [0.25, 0.3) is 0 Å². The number of carbonyl (C=O) groups excluding carboxylic acids is 1. The molecule has 2 heteroatoms. The number of allylic oxidation sites excluding steroid dienone is 1. The first-order valence-electron chi connectivity index (χ1n) is 9.18. The van der Waals surface area contributed by atoms with Crippen molar-refractivity contribution in [2.75, 3.05) is 6.61 Å². The Labute approximate surface area is 131 Å². The molecule has 0 aromatic rings. The maximum absolute atomic E-state index is 11.3. The fraction of sp³-hybridized carbons (Fsp3) is 0.842. The lowest BCUT2D eigenvalue weighted by Gasteiger charge is -2.03. The Hall–Kier alpha value is -0.790. The van der Waals surface area contributed by atoms with Crippen LogP contribution in [0.15, 0.2) is 12.2 Å². The predicted octanol–water partition coefficient (Wildman–Crippen LogP) is 5.81. The molecule has 1 aliphatic rings. The number of ether oxygens (including phenoxy) is 1. The van der Waals surface area contributed by atoms with Crippen molar-refractivity contribution in [1.29, 1.82) is 0 Å². The van der Waals surface area contributed by atoms with Gasteiger partial charge in [0.2, 0.25) is 0 Å². The summed E-state index contributed by atoms with van der Waals surface area (Å²) in [6.07, 6.45) is 20.6. The highest BCUT2D eigenvalue weighted by molar-refractivity contribution is 5.81. The molecule has 2 nitrogen and oxygen atoms in total. The summed E-state index contributed by atoms with van der Waals surface area (Å²) in [5.74, 6) is 0.494. The first kappa shape index (κ1) is 18.3. The van der Waals surface area contributed by atoms with E-state index >= 15 is 0 Å². The van der Waals surface area contributed by atoms with E-state index in [1.807, 2.05) is 6.08 Å². The Morgan fingerprint density at radius 3 is 1.95 bits per heavy atom. The SMILES string of the molecule is CCCCCCCCCCCCCOC(=O)/C=C/C1CC1. The summed E-state index contributed by atoms with van der Waals surface area (Å²) in [4.78, 5) is 11.3. The van der Waals surface area contributed by atoms with Gasteiger partial charge in [0.1, 0.15) is 0 Å². The van der Waals surface area contributed by atoms with Crippen LogP contribution in [0.25, 0.3) is 0 Å².